The second-order valence-electron chi connectivity index (χ2n) is 3.57. The lowest BCUT2D eigenvalue weighted by Crippen LogP contribution is -2.13. The molecule has 5 nitrogen and oxygen atoms in total. The van der Waals surface area contributed by atoms with Gasteiger partial charge in [0.25, 0.3) is 0 Å². The van der Waals surface area contributed by atoms with E-state index in [0.717, 1.165) is 0 Å². The van der Waals surface area contributed by atoms with Crippen LogP contribution in [-0.2, 0) is 14.2 Å². The van der Waals surface area contributed by atoms with Crippen LogP contribution >= 0.6 is 0 Å². The van der Waals surface area contributed by atoms with Gasteiger partial charge in [0, 0.05) is 12.3 Å². The van der Waals surface area contributed by atoms with Gasteiger partial charge in [0.2, 0.25) is 0 Å². The molecule has 2 N–H and O–H groups in total. The highest BCUT2D eigenvalue weighted by atomic mass is 16.6. The van der Waals surface area contributed by atoms with Crippen molar-refractivity contribution in [3.63, 3.8) is 0 Å². The van der Waals surface area contributed by atoms with Crippen LogP contribution < -0.4 is 5.73 Å². The maximum Gasteiger partial charge on any atom is 0.338 e. The van der Waals surface area contributed by atoms with E-state index < -0.39 is 0 Å². The monoisotopic (exact) mass is 253 g/mol. The van der Waals surface area contributed by atoms with Crippen LogP contribution in [0.5, 0.6) is 0 Å². The first-order valence-electron chi connectivity index (χ1n) is 5.92. The third-order valence-electron chi connectivity index (χ3n) is 2.18. The maximum atomic E-state index is 11.5. The lowest BCUT2D eigenvalue weighted by molar-refractivity contribution is 0.0164. The largest absolute Gasteiger partial charge is 0.460 e. The topological polar surface area (TPSA) is 70.8 Å². The summed E-state index contributed by atoms with van der Waals surface area (Å²) in [6.07, 6.45) is 0. The van der Waals surface area contributed by atoms with Gasteiger partial charge in [0.15, 0.2) is 0 Å². The van der Waals surface area contributed by atoms with Crippen LogP contribution in [0.1, 0.15) is 17.3 Å². The Balaban J connectivity index is 2.12. The normalized spacial score (nSPS) is 10.3. The molecule has 0 amide bonds. The highest BCUT2D eigenvalue weighted by molar-refractivity contribution is 5.89. The minimum absolute atomic E-state index is 0.231. The third-order valence-corrected chi connectivity index (χ3v) is 2.18. The van der Waals surface area contributed by atoms with Gasteiger partial charge in [-0.3, -0.25) is 0 Å². The molecule has 1 rings (SSSR count). The van der Waals surface area contributed by atoms with Crippen molar-refractivity contribution in [2.45, 2.75) is 6.92 Å². The molecule has 0 aliphatic carbocycles. The zero-order valence-corrected chi connectivity index (χ0v) is 10.6. The van der Waals surface area contributed by atoms with Crippen molar-refractivity contribution in [3.05, 3.63) is 29.8 Å². The Hall–Kier alpha value is -1.59. The molecule has 0 radical (unpaired) electrons. The fraction of sp³-hybridized carbons (Fsp3) is 0.462. The first-order valence-corrected chi connectivity index (χ1v) is 5.92. The molecule has 0 aliphatic rings. The Kier molecular flexibility index (Phi) is 6.83. The number of hydrogen-bond donors (Lipinski definition) is 1. The number of ether oxygens (including phenoxy) is 3. The Morgan fingerprint density at radius 1 is 1.06 bits per heavy atom. The minimum Gasteiger partial charge on any atom is -0.460 e. The SMILES string of the molecule is CCOCCOCCOC(=O)c1ccc(N)cc1. The molecule has 0 spiro atoms. The average molecular weight is 253 g/mol. The second-order valence-corrected chi connectivity index (χ2v) is 3.57. The lowest BCUT2D eigenvalue weighted by Gasteiger charge is -2.06. The molecule has 18 heavy (non-hydrogen) atoms. The Bertz CT molecular complexity index is 351. The number of hydrogen-bond acceptors (Lipinski definition) is 5. The number of rotatable bonds is 8. The van der Waals surface area contributed by atoms with Crippen LogP contribution in [0.3, 0.4) is 0 Å². The van der Waals surface area contributed by atoms with Crippen molar-refractivity contribution in [3.8, 4) is 0 Å². The third kappa shape index (κ3) is 5.65. The molecule has 0 aliphatic heterocycles. The molecule has 1 aromatic rings. The van der Waals surface area contributed by atoms with E-state index in [-0.39, 0.29) is 12.6 Å². The summed E-state index contributed by atoms with van der Waals surface area (Å²) in [7, 11) is 0. The molecule has 0 heterocycles. The Labute approximate surface area is 107 Å². The summed E-state index contributed by atoms with van der Waals surface area (Å²) in [6.45, 7) is 4.27. The highest BCUT2D eigenvalue weighted by Gasteiger charge is 2.05. The number of esters is 1. The zero-order valence-electron chi connectivity index (χ0n) is 10.6. The summed E-state index contributed by atoms with van der Waals surface area (Å²) >= 11 is 0. The Morgan fingerprint density at radius 3 is 2.33 bits per heavy atom. The molecule has 1 aromatic carbocycles. The van der Waals surface area contributed by atoms with Crippen molar-refractivity contribution in [1.29, 1.82) is 0 Å². The molecule has 0 saturated carbocycles. The van der Waals surface area contributed by atoms with Gasteiger partial charge in [-0.05, 0) is 31.2 Å². The van der Waals surface area contributed by atoms with Gasteiger partial charge >= 0.3 is 5.97 Å². The fourth-order valence-electron chi connectivity index (χ4n) is 1.26. The first kappa shape index (κ1) is 14.5. The highest BCUT2D eigenvalue weighted by Crippen LogP contribution is 2.06. The van der Waals surface area contributed by atoms with Crippen molar-refractivity contribution in [2.75, 3.05) is 38.8 Å². The molecular formula is C13H19NO4. The molecule has 0 atom stereocenters. The number of nitrogen functional groups attached to an aromatic ring is 1. The molecule has 0 saturated heterocycles. The lowest BCUT2D eigenvalue weighted by atomic mass is 10.2. The Morgan fingerprint density at radius 2 is 1.67 bits per heavy atom. The summed E-state index contributed by atoms with van der Waals surface area (Å²) in [6, 6.07) is 6.59. The van der Waals surface area contributed by atoms with Gasteiger partial charge in [-0.2, -0.15) is 0 Å². The predicted molar refractivity (Wildman–Crippen MR) is 68.4 cm³/mol. The molecule has 100 valence electrons. The van der Waals surface area contributed by atoms with Gasteiger partial charge in [-0.1, -0.05) is 0 Å². The van der Waals surface area contributed by atoms with Crippen LogP contribution in [0.2, 0.25) is 0 Å². The molecule has 0 aromatic heterocycles. The van der Waals surface area contributed by atoms with Crippen molar-refractivity contribution < 1.29 is 19.0 Å². The summed E-state index contributed by atoms with van der Waals surface area (Å²) in [4.78, 5) is 11.5. The van der Waals surface area contributed by atoms with Crippen LogP contribution in [-0.4, -0.2) is 39.0 Å². The summed E-state index contributed by atoms with van der Waals surface area (Å²) in [5, 5.41) is 0. The summed E-state index contributed by atoms with van der Waals surface area (Å²) in [5.74, 6) is -0.372. The van der Waals surface area contributed by atoms with Gasteiger partial charge in [0.05, 0.1) is 25.4 Å². The average Bonchev–Trinajstić information content (AvgIpc) is 2.38. The van der Waals surface area contributed by atoms with Crippen LogP contribution in [0, 0.1) is 0 Å². The van der Waals surface area contributed by atoms with Gasteiger partial charge in [0.1, 0.15) is 6.61 Å². The smallest absolute Gasteiger partial charge is 0.338 e. The number of carbonyl (C=O) groups excluding carboxylic acids is 1. The predicted octanol–water partition coefficient (Wildman–Crippen LogP) is 1.48. The summed E-state index contributed by atoms with van der Waals surface area (Å²) < 4.78 is 15.3. The van der Waals surface area contributed by atoms with Gasteiger partial charge < -0.3 is 19.9 Å². The minimum atomic E-state index is -0.372. The van der Waals surface area contributed by atoms with E-state index >= 15 is 0 Å². The van der Waals surface area contributed by atoms with Crippen molar-refractivity contribution in [1.82, 2.24) is 0 Å². The number of anilines is 1. The van der Waals surface area contributed by atoms with Crippen molar-refractivity contribution >= 4 is 11.7 Å². The van der Waals surface area contributed by atoms with Crippen LogP contribution in [0.15, 0.2) is 24.3 Å². The zero-order chi connectivity index (χ0) is 13.2. The standard InChI is InChI=1S/C13H19NO4/c1-2-16-7-8-17-9-10-18-13(15)11-3-5-12(14)6-4-11/h3-6H,2,7-10,14H2,1H3. The maximum absolute atomic E-state index is 11.5. The van der Waals surface area contributed by atoms with Gasteiger partial charge in [-0.15, -0.1) is 0 Å². The number of nitrogens with two attached hydrogens (primary N) is 1. The quantitative estimate of drug-likeness (QED) is 0.431. The molecular weight excluding hydrogens is 234 g/mol. The van der Waals surface area contributed by atoms with Crippen molar-refractivity contribution in [2.24, 2.45) is 0 Å². The number of benzene rings is 1. The summed E-state index contributed by atoms with van der Waals surface area (Å²) in [5.41, 5.74) is 6.62. The van der Waals surface area contributed by atoms with E-state index in [0.29, 0.717) is 37.7 Å². The molecule has 0 bridgehead atoms. The molecule has 0 fully saturated rings. The van der Waals surface area contributed by atoms with Gasteiger partial charge in [-0.25, -0.2) is 4.79 Å². The molecule has 0 unspecified atom stereocenters. The number of carbonyl (C=O) groups is 1. The molecule has 5 heteroatoms. The fourth-order valence-corrected chi connectivity index (χ4v) is 1.26. The van der Waals surface area contributed by atoms with E-state index in [9.17, 15) is 4.79 Å². The van der Waals surface area contributed by atoms with Crippen LogP contribution in [0.4, 0.5) is 5.69 Å². The van der Waals surface area contributed by atoms with E-state index in [4.69, 9.17) is 19.9 Å². The van der Waals surface area contributed by atoms with E-state index in [1.54, 1.807) is 24.3 Å². The second kappa shape index (κ2) is 8.49. The van der Waals surface area contributed by atoms with E-state index in [1.807, 2.05) is 6.92 Å². The van der Waals surface area contributed by atoms with Crippen LogP contribution in [0.25, 0.3) is 0 Å². The van der Waals surface area contributed by atoms with E-state index in [2.05, 4.69) is 0 Å². The first-order chi connectivity index (χ1) is 8.74. The van der Waals surface area contributed by atoms with E-state index in [1.165, 1.54) is 0 Å².